The maximum absolute atomic E-state index is 6.31. The lowest BCUT2D eigenvalue weighted by molar-refractivity contribution is -0.231. The van der Waals surface area contributed by atoms with Crippen LogP contribution in [-0.4, -0.2) is 65.6 Å². The normalized spacial score (nSPS) is 34.4. The van der Waals surface area contributed by atoms with Gasteiger partial charge in [0.1, 0.15) is 24.4 Å². The molecule has 0 N–H and O–H groups in total. The number of methoxy groups -OCH3 is 2. The lowest BCUT2D eigenvalue weighted by atomic mass is 10.1. The van der Waals surface area contributed by atoms with E-state index in [-0.39, 0.29) is 29.5 Å². The first-order chi connectivity index (χ1) is 10.9. The smallest absolute Gasteiger partial charge is 0.192 e. The van der Waals surface area contributed by atoms with Gasteiger partial charge >= 0.3 is 0 Å². The molecule has 0 saturated carbocycles. The molecule has 0 aromatic rings. The van der Waals surface area contributed by atoms with Crippen LogP contribution in [0, 0.1) is 0 Å². The molecule has 2 fully saturated rings. The summed E-state index contributed by atoms with van der Waals surface area (Å²) in [5, 5.41) is 0.148. The molecule has 2 aliphatic heterocycles. The van der Waals surface area contributed by atoms with Crippen LogP contribution in [0.15, 0.2) is 0 Å². The lowest BCUT2D eigenvalue weighted by Crippen LogP contribution is -2.48. The predicted molar refractivity (Wildman–Crippen MR) is 93.4 cm³/mol. The Morgan fingerprint density at radius 3 is 2.25 bits per heavy atom. The molecule has 0 radical (unpaired) electrons. The summed E-state index contributed by atoms with van der Waals surface area (Å²) in [6, 6.07) is 0. The molecule has 0 aromatic heterocycles. The molecule has 0 aliphatic carbocycles. The molecule has 0 aromatic carbocycles. The fourth-order valence-electron chi connectivity index (χ4n) is 2.88. The second-order valence-corrected chi connectivity index (χ2v) is 13.4. The van der Waals surface area contributed by atoms with Gasteiger partial charge in [-0.25, -0.2) is 0 Å². The van der Waals surface area contributed by atoms with Gasteiger partial charge in [-0.2, -0.15) is 0 Å². The van der Waals surface area contributed by atoms with E-state index in [1.807, 2.05) is 13.8 Å². The van der Waals surface area contributed by atoms with Crippen molar-refractivity contribution in [2.75, 3.05) is 20.8 Å². The molecule has 2 aliphatic rings. The van der Waals surface area contributed by atoms with Crippen LogP contribution in [0.3, 0.4) is 0 Å². The minimum Gasteiger partial charge on any atom is -0.414 e. The third-order valence-corrected chi connectivity index (χ3v) is 9.88. The predicted octanol–water partition coefficient (Wildman–Crippen LogP) is 2.91. The van der Waals surface area contributed by atoms with Crippen molar-refractivity contribution in [2.45, 2.75) is 89.2 Å². The Bertz CT molecular complexity index is 433. The summed E-state index contributed by atoms with van der Waals surface area (Å²) < 4.78 is 35.5. The Kier molecular flexibility index (Phi) is 5.87. The number of rotatable bonds is 6. The van der Waals surface area contributed by atoms with Crippen molar-refractivity contribution in [2.24, 2.45) is 0 Å². The van der Waals surface area contributed by atoms with E-state index in [2.05, 4.69) is 33.9 Å². The van der Waals surface area contributed by atoms with E-state index < -0.39 is 20.4 Å². The van der Waals surface area contributed by atoms with Gasteiger partial charge in [0.25, 0.3) is 0 Å². The summed E-state index contributed by atoms with van der Waals surface area (Å²) in [6.07, 6.45) is -1.44. The SMILES string of the molecule is CO[C@@H]1[C@H]2OC(C)(C)O[C@H]2O[C@@H]1[C@@H](CO[Si](C)(C)C(C)(C)C)OC. The standard InChI is InChI=1S/C17H34O6Si/c1-16(2,3)24(8,9)20-10-11(18-6)12-13(19-7)14-15(21-12)23-17(4,5)22-14/h11-15H,10H2,1-9H3/t11-,12-,13+,14-,15-/m1/s1. The largest absolute Gasteiger partial charge is 0.414 e. The molecule has 0 amide bonds. The number of fused-ring (bicyclic) bond motifs is 1. The first-order valence-corrected chi connectivity index (χ1v) is 11.5. The molecule has 2 heterocycles. The van der Waals surface area contributed by atoms with Crippen molar-refractivity contribution in [1.29, 1.82) is 0 Å². The number of hydrogen-bond donors (Lipinski definition) is 0. The molecule has 0 spiro atoms. The number of hydrogen-bond acceptors (Lipinski definition) is 6. The molecular weight excluding hydrogens is 328 g/mol. The fourth-order valence-corrected chi connectivity index (χ4v) is 3.89. The van der Waals surface area contributed by atoms with Crippen LogP contribution < -0.4 is 0 Å². The van der Waals surface area contributed by atoms with E-state index >= 15 is 0 Å². The van der Waals surface area contributed by atoms with E-state index in [0.717, 1.165) is 0 Å². The summed E-state index contributed by atoms with van der Waals surface area (Å²) in [5.41, 5.74) is 0. The highest BCUT2D eigenvalue weighted by molar-refractivity contribution is 6.74. The van der Waals surface area contributed by atoms with Gasteiger partial charge in [0, 0.05) is 14.2 Å². The highest BCUT2D eigenvalue weighted by atomic mass is 28.4. The Morgan fingerprint density at radius 1 is 1.12 bits per heavy atom. The fraction of sp³-hybridized carbons (Fsp3) is 1.00. The highest BCUT2D eigenvalue weighted by Crippen LogP contribution is 2.41. The molecule has 2 rings (SSSR count). The van der Waals surface area contributed by atoms with Crippen molar-refractivity contribution in [3.05, 3.63) is 0 Å². The molecule has 5 atom stereocenters. The highest BCUT2D eigenvalue weighted by Gasteiger charge is 2.57. The molecule has 7 heteroatoms. The molecular formula is C17H34O6Si. The molecule has 6 nitrogen and oxygen atoms in total. The first kappa shape index (κ1) is 20.3. The van der Waals surface area contributed by atoms with Crippen LogP contribution in [0.25, 0.3) is 0 Å². The first-order valence-electron chi connectivity index (χ1n) is 8.62. The van der Waals surface area contributed by atoms with Gasteiger partial charge in [0.05, 0.1) is 6.61 Å². The Hall–Kier alpha value is -0.0231. The Labute approximate surface area is 147 Å². The van der Waals surface area contributed by atoms with Crippen molar-refractivity contribution in [1.82, 2.24) is 0 Å². The van der Waals surface area contributed by atoms with Crippen molar-refractivity contribution >= 4 is 8.32 Å². The minimum atomic E-state index is -1.86. The zero-order valence-electron chi connectivity index (χ0n) is 16.5. The zero-order valence-corrected chi connectivity index (χ0v) is 17.5. The summed E-state index contributed by atoms with van der Waals surface area (Å²) in [7, 11) is 1.48. The van der Waals surface area contributed by atoms with Gasteiger partial charge in [-0.1, -0.05) is 20.8 Å². The van der Waals surface area contributed by atoms with E-state index in [9.17, 15) is 0 Å². The molecule has 142 valence electrons. The topological polar surface area (TPSA) is 55.4 Å². The van der Waals surface area contributed by atoms with Crippen LogP contribution in [0.4, 0.5) is 0 Å². The second-order valence-electron chi connectivity index (χ2n) is 8.62. The maximum atomic E-state index is 6.31. The van der Waals surface area contributed by atoms with Crippen LogP contribution in [0.5, 0.6) is 0 Å². The van der Waals surface area contributed by atoms with Crippen LogP contribution in [-0.2, 0) is 28.1 Å². The van der Waals surface area contributed by atoms with E-state index in [1.54, 1.807) is 14.2 Å². The van der Waals surface area contributed by atoms with Gasteiger partial charge in [0.2, 0.25) is 0 Å². The maximum Gasteiger partial charge on any atom is 0.192 e. The average Bonchev–Trinajstić information content (AvgIpc) is 2.89. The van der Waals surface area contributed by atoms with E-state index in [1.165, 1.54) is 0 Å². The summed E-state index contributed by atoms with van der Waals surface area (Å²) in [6.45, 7) is 15.4. The van der Waals surface area contributed by atoms with Gasteiger partial charge in [0.15, 0.2) is 20.4 Å². The van der Waals surface area contributed by atoms with Gasteiger partial charge < -0.3 is 28.1 Å². The van der Waals surface area contributed by atoms with Gasteiger partial charge in [-0.3, -0.25) is 0 Å². The van der Waals surface area contributed by atoms with Crippen molar-refractivity contribution in [3.63, 3.8) is 0 Å². The molecule has 24 heavy (non-hydrogen) atoms. The van der Waals surface area contributed by atoms with Crippen LogP contribution in [0.1, 0.15) is 34.6 Å². The van der Waals surface area contributed by atoms with E-state index in [0.29, 0.717) is 6.61 Å². The van der Waals surface area contributed by atoms with Crippen LogP contribution >= 0.6 is 0 Å². The third-order valence-electron chi connectivity index (χ3n) is 5.38. The monoisotopic (exact) mass is 362 g/mol. The Morgan fingerprint density at radius 2 is 1.75 bits per heavy atom. The zero-order chi connectivity index (χ0) is 18.3. The number of ether oxygens (including phenoxy) is 5. The Balaban J connectivity index is 2.04. The summed E-state index contributed by atoms with van der Waals surface area (Å²) >= 11 is 0. The second kappa shape index (κ2) is 6.94. The average molecular weight is 363 g/mol. The van der Waals surface area contributed by atoms with Gasteiger partial charge in [-0.15, -0.1) is 0 Å². The van der Waals surface area contributed by atoms with Crippen LogP contribution in [0.2, 0.25) is 18.1 Å². The lowest BCUT2D eigenvalue weighted by Gasteiger charge is -2.38. The molecule has 0 bridgehead atoms. The minimum absolute atomic E-state index is 0.148. The third kappa shape index (κ3) is 4.03. The molecule has 0 unspecified atom stereocenters. The molecule has 2 saturated heterocycles. The summed E-state index contributed by atoms with van der Waals surface area (Å²) in [5.74, 6) is -0.655. The van der Waals surface area contributed by atoms with Crippen molar-refractivity contribution in [3.8, 4) is 0 Å². The van der Waals surface area contributed by atoms with Crippen molar-refractivity contribution < 1.29 is 28.1 Å². The van der Waals surface area contributed by atoms with Gasteiger partial charge in [-0.05, 0) is 32.0 Å². The summed E-state index contributed by atoms with van der Waals surface area (Å²) in [4.78, 5) is 0. The quantitative estimate of drug-likeness (QED) is 0.677. The van der Waals surface area contributed by atoms with E-state index in [4.69, 9.17) is 28.1 Å².